The van der Waals surface area contributed by atoms with Crippen molar-refractivity contribution in [3.05, 3.63) is 18.3 Å². The fourth-order valence-corrected chi connectivity index (χ4v) is 1.10. The number of rotatable bonds is 4. The molecule has 62 valence electrons. The van der Waals surface area contributed by atoms with Gasteiger partial charge in [-0.3, -0.25) is 0 Å². The maximum atomic E-state index is 5.15. The molecule has 2 nitrogen and oxygen atoms in total. The monoisotopic (exact) mass is 153 g/mol. The van der Waals surface area contributed by atoms with Crippen LogP contribution in [0.25, 0.3) is 0 Å². The quantitative estimate of drug-likeness (QED) is 0.647. The molecule has 0 spiro atoms. The zero-order valence-corrected chi connectivity index (χ0v) is 7.21. The van der Waals surface area contributed by atoms with Gasteiger partial charge in [-0.1, -0.05) is 13.3 Å². The van der Waals surface area contributed by atoms with E-state index in [0.29, 0.717) is 0 Å². The first-order chi connectivity index (χ1) is 5.38. The Kier molecular flexibility index (Phi) is 3.02. The summed E-state index contributed by atoms with van der Waals surface area (Å²) >= 11 is 0. The zero-order chi connectivity index (χ0) is 8.10. The highest BCUT2D eigenvalue weighted by molar-refractivity contribution is 5.13. The molecule has 0 aromatic carbocycles. The molecule has 0 saturated heterocycles. The molecule has 0 atom stereocenters. The van der Waals surface area contributed by atoms with Crippen LogP contribution in [0.4, 0.5) is 0 Å². The maximum Gasteiger partial charge on any atom is 0.193 e. The highest BCUT2D eigenvalue weighted by Gasteiger charge is 1.97. The van der Waals surface area contributed by atoms with Gasteiger partial charge in [0.15, 0.2) is 5.88 Å². The maximum absolute atomic E-state index is 5.15. The zero-order valence-electron chi connectivity index (χ0n) is 7.21. The molecule has 0 aliphatic carbocycles. The largest absolute Gasteiger partial charge is 0.482 e. The molecule has 0 aliphatic rings. The van der Waals surface area contributed by atoms with Crippen molar-refractivity contribution in [2.24, 2.45) is 0 Å². The van der Waals surface area contributed by atoms with Crippen LogP contribution in [0.15, 0.2) is 18.3 Å². The number of unbranched alkanes of at least 4 members (excludes halogenated alkanes) is 1. The number of nitrogens with zero attached hydrogens (tertiary/aromatic N) is 1. The molecule has 0 bridgehead atoms. The average Bonchev–Trinajstić information content (AvgIpc) is 2.47. The third-order valence-corrected chi connectivity index (χ3v) is 1.75. The lowest BCUT2D eigenvalue weighted by Gasteiger charge is -2.05. The molecular formula is C9H15NO. The van der Waals surface area contributed by atoms with Gasteiger partial charge in [0, 0.05) is 12.7 Å². The normalized spacial score (nSPS) is 10.0. The van der Waals surface area contributed by atoms with Gasteiger partial charge in [-0.15, -0.1) is 0 Å². The van der Waals surface area contributed by atoms with Gasteiger partial charge in [0.2, 0.25) is 0 Å². The Labute approximate surface area is 67.8 Å². The van der Waals surface area contributed by atoms with Crippen LogP contribution in [0.1, 0.15) is 19.8 Å². The van der Waals surface area contributed by atoms with Crippen LogP contribution >= 0.6 is 0 Å². The highest BCUT2D eigenvalue weighted by Crippen LogP contribution is 2.11. The van der Waals surface area contributed by atoms with Crippen LogP contribution in [0.2, 0.25) is 0 Å². The number of ether oxygens (including phenoxy) is 1. The van der Waals surface area contributed by atoms with Crippen LogP contribution < -0.4 is 4.74 Å². The lowest BCUT2D eigenvalue weighted by atomic mass is 10.3. The molecule has 1 heterocycles. The lowest BCUT2D eigenvalue weighted by Crippen LogP contribution is -1.98. The summed E-state index contributed by atoms with van der Waals surface area (Å²) < 4.78 is 7.27. The summed E-state index contributed by atoms with van der Waals surface area (Å²) in [5, 5.41) is 0. The molecule has 0 N–H and O–H groups in total. The summed E-state index contributed by atoms with van der Waals surface area (Å²) in [5.41, 5.74) is 0. The molecular weight excluding hydrogens is 138 g/mol. The van der Waals surface area contributed by atoms with Crippen LogP contribution in [-0.2, 0) is 6.54 Å². The van der Waals surface area contributed by atoms with E-state index in [-0.39, 0.29) is 0 Å². The summed E-state index contributed by atoms with van der Waals surface area (Å²) in [6, 6.07) is 3.99. The Morgan fingerprint density at radius 3 is 3.00 bits per heavy atom. The Morgan fingerprint density at radius 2 is 2.36 bits per heavy atom. The van der Waals surface area contributed by atoms with Gasteiger partial charge in [0.25, 0.3) is 0 Å². The third kappa shape index (κ3) is 2.00. The smallest absolute Gasteiger partial charge is 0.193 e. The van der Waals surface area contributed by atoms with Crippen molar-refractivity contribution in [1.82, 2.24) is 4.57 Å². The van der Waals surface area contributed by atoms with Gasteiger partial charge in [-0.05, 0) is 18.6 Å². The highest BCUT2D eigenvalue weighted by atomic mass is 16.5. The van der Waals surface area contributed by atoms with Gasteiger partial charge in [-0.25, -0.2) is 0 Å². The van der Waals surface area contributed by atoms with E-state index in [1.165, 1.54) is 12.8 Å². The molecule has 11 heavy (non-hydrogen) atoms. The van der Waals surface area contributed by atoms with Crippen molar-refractivity contribution in [1.29, 1.82) is 0 Å². The first-order valence-corrected chi connectivity index (χ1v) is 4.07. The van der Waals surface area contributed by atoms with E-state index in [9.17, 15) is 0 Å². The predicted octanol–water partition coefficient (Wildman–Crippen LogP) is 2.30. The standard InChI is InChI=1S/C9H15NO/c1-3-4-7-10-8-5-6-9(10)11-2/h5-6,8H,3-4,7H2,1-2H3. The summed E-state index contributed by atoms with van der Waals surface area (Å²) in [6.45, 7) is 3.25. The second-order valence-corrected chi connectivity index (χ2v) is 2.60. The number of aryl methyl sites for hydroxylation is 1. The first kappa shape index (κ1) is 8.18. The molecule has 1 aromatic rings. The van der Waals surface area contributed by atoms with Crippen LogP contribution in [0, 0.1) is 0 Å². The summed E-state index contributed by atoms with van der Waals surface area (Å²) in [7, 11) is 1.71. The van der Waals surface area contributed by atoms with E-state index in [1.807, 2.05) is 12.1 Å². The topological polar surface area (TPSA) is 14.2 Å². The molecule has 0 unspecified atom stereocenters. The van der Waals surface area contributed by atoms with Crippen molar-refractivity contribution in [3.63, 3.8) is 0 Å². The molecule has 0 fully saturated rings. The number of methoxy groups -OCH3 is 1. The molecule has 1 aromatic heterocycles. The van der Waals surface area contributed by atoms with E-state index in [1.54, 1.807) is 7.11 Å². The van der Waals surface area contributed by atoms with Gasteiger partial charge in [-0.2, -0.15) is 0 Å². The second-order valence-electron chi connectivity index (χ2n) is 2.60. The summed E-state index contributed by atoms with van der Waals surface area (Å²) in [4.78, 5) is 0. The van der Waals surface area contributed by atoms with Crippen molar-refractivity contribution < 1.29 is 4.74 Å². The van der Waals surface area contributed by atoms with Crippen LogP contribution in [0.3, 0.4) is 0 Å². The minimum atomic E-state index is 0.957. The van der Waals surface area contributed by atoms with Crippen LogP contribution in [-0.4, -0.2) is 11.7 Å². The van der Waals surface area contributed by atoms with E-state index in [0.717, 1.165) is 12.4 Å². The molecule has 1 rings (SSSR count). The third-order valence-electron chi connectivity index (χ3n) is 1.75. The first-order valence-electron chi connectivity index (χ1n) is 4.07. The fraction of sp³-hybridized carbons (Fsp3) is 0.556. The molecule has 0 amide bonds. The van der Waals surface area contributed by atoms with E-state index >= 15 is 0 Å². The Balaban J connectivity index is 2.54. The van der Waals surface area contributed by atoms with E-state index in [2.05, 4.69) is 17.7 Å². The van der Waals surface area contributed by atoms with E-state index in [4.69, 9.17) is 4.74 Å². The minimum Gasteiger partial charge on any atom is -0.482 e. The number of hydrogen-bond donors (Lipinski definition) is 0. The van der Waals surface area contributed by atoms with Gasteiger partial charge >= 0.3 is 0 Å². The van der Waals surface area contributed by atoms with Crippen molar-refractivity contribution in [2.45, 2.75) is 26.3 Å². The van der Waals surface area contributed by atoms with Gasteiger partial charge in [0.1, 0.15) is 0 Å². The predicted molar refractivity (Wildman–Crippen MR) is 45.9 cm³/mol. The fourth-order valence-electron chi connectivity index (χ4n) is 1.10. The average molecular weight is 153 g/mol. The van der Waals surface area contributed by atoms with Crippen molar-refractivity contribution >= 4 is 0 Å². The van der Waals surface area contributed by atoms with Gasteiger partial charge in [0.05, 0.1) is 7.11 Å². The lowest BCUT2D eigenvalue weighted by molar-refractivity contribution is 0.370. The molecule has 0 saturated carbocycles. The summed E-state index contributed by atoms with van der Waals surface area (Å²) in [5.74, 6) is 0.957. The minimum absolute atomic E-state index is 0.957. The SMILES string of the molecule is CCCCn1cccc1OC. The molecule has 0 aliphatic heterocycles. The molecule has 2 heteroatoms. The summed E-state index contributed by atoms with van der Waals surface area (Å²) in [6.07, 6.45) is 4.49. The van der Waals surface area contributed by atoms with Gasteiger partial charge < -0.3 is 9.30 Å². The number of hydrogen-bond acceptors (Lipinski definition) is 1. The molecule has 0 radical (unpaired) electrons. The Bertz CT molecular complexity index is 205. The van der Waals surface area contributed by atoms with Crippen molar-refractivity contribution in [2.75, 3.05) is 7.11 Å². The van der Waals surface area contributed by atoms with Crippen molar-refractivity contribution in [3.8, 4) is 5.88 Å². The van der Waals surface area contributed by atoms with Crippen LogP contribution in [0.5, 0.6) is 5.88 Å². The number of aromatic nitrogens is 1. The second kappa shape index (κ2) is 4.06. The Morgan fingerprint density at radius 1 is 1.55 bits per heavy atom. The Hall–Kier alpha value is -0.920. The van der Waals surface area contributed by atoms with E-state index < -0.39 is 0 Å².